The van der Waals surface area contributed by atoms with E-state index < -0.39 is 0 Å². The molecule has 1 rings (SSSR count). The third kappa shape index (κ3) is 4.35. The lowest BCUT2D eigenvalue weighted by atomic mass is 10.3. The Bertz CT molecular complexity index is 506. The molecule has 0 fully saturated rings. The van der Waals surface area contributed by atoms with E-state index in [0.29, 0.717) is 15.7 Å². The van der Waals surface area contributed by atoms with Gasteiger partial charge in [-0.05, 0) is 18.2 Å². The number of nitrogens with zero attached hydrogens (tertiary/aromatic N) is 1. The summed E-state index contributed by atoms with van der Waals surface area (Å²) in [5.74, 6) is -0.318. The van der Waals surface area contributed by atoms with Crippen LogP contribution in [0.25, 0.3) is 0 Å². The number of anilines is 1. The van der Waals surface area contributed by atoms with Gasteiger partial charge in [0.05, 0.1) is 10.7 Å². The first-order valence-electron chi connectivity index (χ1n) is 4.62. The normalized spacial score (nSPS) is 10.6. The molecular weight excluding hydrogens is 261 g/mol. The van der Waals surface area contributed by atoms with Crippen LogP contribution in [0.4, 0.5) is 5.69 Å². The molecule has 1 aromatic rings. The van der Waals surface area contributed by atoms with Crippen molar-refractivity contribution in [1.29, 1.82) is 5.26 Å². The topological polar surface area (TPSA) is 64.9 Å². The SMILES string of the molecule is CC(=O)NC(C#N)=CNc1ccc(Cl)cc1Cl. The van der Waals surface area contributed by atoms with Gasteiger partial charge in [-0.25, -0.2) is 0 Å². The molecule has 0 aliphatic rings. The van der Waals surface area contributed by atoms with Crippen molar-refractivity contribution in [3.63, 3.8) is 0 Å². The molecule has 1 aromatic carbocycles. The molecule has 0 radical (unpaired) electrons. The van der Waals surface area contributed by atoms with Crippen molar-refractivity contribution in [1.82, 2.24) is 5.32 Å². The summed E-state index contributed by atoms with van der Waals surface area (Å²) in [4.78, 5) is 10.8. The number of halogens is 2. The molecule has 0 saturated carbocycles. The molecule has 0 heterocycles. The van der Waals surface area contributed by atoms with E-state index in [9.17, 15) is 4.79 Å². The van der Waals surface area contributed by atoms with Crippen LogP contribution < -0.4 is 10.6 Å². The number of hydrogen-bond donors (Lipinski definition) is 2. The van der Waals surface area contributed by atoms with Crippen molar-refractivity contribution in [2.24, 2.45) is 0 Å². The number of benzene rings is 1. The minimum atomic E-state index is -0.318. The molecule has 4 nitrogen and oxygen atoms in total. The highest BCUT2D eigenvalue weighted by Crippen LogP contribution is 2.25. The lowest BCUT2D eigenvalue weighted by molar-refractivity contribution is -0.118. The first kappa shape index (κ1) is 13.4. The summed E-state index contributed by atoms with van der Waals surface area (Å²) < 4.78 is 0. The summed E-state index contributed by atoms with van der Waals surface area (Å²) in [5, 5.41) is 14.9. The van der Waals surface area contributed by atoms with Crippen LogP contribution in [-0.4, -0.2) is 5.91 Å². The Morgan fingerprint density at radius 2 is 2.18 bits per heavy atom. The van der Waals surface area contributed by atoms with Crippen LogP contribution in [0.15, 0.2) is 30.1 Å². The highest BCUT2D eigenvalue weighted by atomic mass is 35.5. The van der Waals surface area contributed by atoms with E-state index in [4.69, 9.17) is 28.5 Å². The maximum atomic E-state index is 10.8. The minimum absolute atomic E-state index is 0.100. The highest BCUT2D eigenvalue weighted by Gasteiger charge is 2.01. The average Bonchev–Trinajstić information content (AvgIpc) is 2.25. The van der Waals surface area contributed by atoms with Crippen LogP contribution in [0.5, 0.6) is 0 Å². The molecule has 17 heavy (non-hydrogen) atoms. The summed E-state index contributed by atoms with van der Waals surface area (Å²) >= 11 is 11.7. The number of rotatable bonds is 3. The molecule has 6 heteroatoms. The monoisotopic (exact) mass is 269 g/mol. The number of hydrogen-bond acceptors (Lipinski definition) is 3. The van der Waals surface area contributed by atoms with E-state index in [1.165, 1.54) is 13.1 Å². The number of allylic oxidation sites excluding steroid dienone is 1. The van der Waals surface area contributed by atoms with Gasteiger partial charge in [-0.3, -0.25) is 4.79 Å². The van der Waals surface area contributed by atoms with E-state index in [-0.39, 0.29) is 11.6 Å². The molecule has 0 saturated heterocycles. The fourth-order valence-electron chi connectivity index (χ4n) is 1.04. The molecule has 0 bridgehead atoms. The van der Waals surface area contributed by atoms with E-state index in [1.54, 1.807) is 18.2 Å². The molecule has 0 aliphatic carbocycles. The second-order valence-electron chi connectivity index (χ2n) is 3.12. The van der Waals surface area contributed by atoms with Crippen molar-refractivity contribution < 1.29 is 4.79 Å². The Morgan fingerprint density at radius 3 is 2.71 bits per heavy atom. The standard InChI is InChI=1S/C11H9Cl2N3O/c1-7(17)16-9(5-14)6-15-11-3-2-8(12)4-10(11)13/h2-4,6,15H,1H3,(H,16,17). The summed E-state index contributed by atoms with van der Waals surface area (Å²) in [6.07, 6.45) is 1.36. The molecular formula is C11H9Cl2N3O. The first-order valence-corrected chi connectivity index (χ1v) is 5.38. The van der Waals surface area contributed by atoms with Crippen LogP contribution in [-0.2, 0) is 4.79 Å². The number of amides is 1. The van der Waals surface area contributed by atoms with Gasteiger partial charge in [0.1, 0.15) is 11.8 Å². The smallest absolute Gasteiger partial charge is 0.221 e. The maximum absolute atomic E-state index is 10.8. The van der Waals surface area contributed by atoms with Gasteiger partial charge in [-0.2, -0.15) is 5.26 Å². The number of nitrogens with one attached hydrogen (secondary N) is 2. The molecule has 0 aliphatic heterocycles. The Hall–Kier alpha value is -1.70. The number of nitriles is 1. The third-order valence-electron chi connectivity index (χ3n) is 1.73. The molecule has 1 amide bonds. The zero-order valence-electron chi connectivity index (χ0n) is 8.92. The summed E-state index contributed by atoms with van der Waals surface area (Å²) in [7, 11) is 0. The zero-order chi connectivity index (χ0) is 12.8. The van der Waals surface area contributed by atoms with Crippen molar-refractivity contribution in [2.45, 2.75) is 6.92 Å². The Kier molecular flexibility index (Phi) is 4.83. The van der Waals surface area contributed by atoms with Gasteiger partial charge in [0.15, 0.2) is 0 Å². The lowest BCUT2D eigenvalue weighted by Gasteiger charge is -2.05. The molecule has 88 valence electrons. The van der Waals surface area contributed by atoms with Crippen LogP contribution in [0, 0.1) is 11.3 Å². The lowest BCUT2D eigenvalue weighted by Crippen LogP contribution is -2.18. The molecule has 0 atom stereocenters. The van der Waals surface area contributed by atoms with E-state index >= 15 is 0 Å². The fraction of sp³-hybridized carbons (Fsp3) is 0.0909. The predicted molar refractivity (Wildman–Crippen MR) is 67.6 cm³/mol. The van der Waals surface area contributed by atoms with Crippen molar-refractivity contribution >= 4 is 34.8 Å². The Labute approximate surface area is 109 Å². The second-order valence-corrected chi connectivity index (χ2v) is 3.96. The highest BCUT2D eigenvalue weighted by molar-refractivity contribution is 6.36. The van der Waals surface area contributed by atoms with Crippen LogP contribution >= 0.6 is 23.2 Å². The largest absolute Gasteiger partial charge is 0.358 e. The van der Waals surface area contributed by atoms with Gasteiger partial charge in [0, 0.05) is 18.1 Å². The quantitative estimate of drug-likeness (QED) is 0.830. The summed E-state index contributed by atoms with van der Waals surface area (Å²) in [5.41, 5.74) is 0.692. The summed E-state index contributed by atoms with van der Waals surface area (Å²) in [6, 6.07) is 6.74. The van der Waals surface area contributed by atoms with Crippen LogP contribution in [0.2, 0.25) is 10.0 Å². The second kappa shape index (κ2) is 6.14. The van der Waals surface area contributed by atoms with Gasteiger partial charge in [-0.1, -0.05) is 23.2 Å². The Morgan fingerprint density at radius 1 is 1.47 bits per heavy atom. The van der Waals surface area contributed by atoms with Crippen molar-refractivity contribution in [3.05, 3.63) is 40.1 Å². The molecule has 0 spiro atoms. The van der Waals surface area contributed by atoms with E-state index in [0.717, 1.165) is 0 Å². The van der Waals surface area contributed by atoms with E-state index in [2.05, 4.69) is 10.6 Å². The van der Waals surface area contributed by atoms with Crippen LogP contribution in [0.3, 0.4) is 0 Å². The Balaban J connectivity index is 2.81. The summed E-state index contributed by atoms with van der Waals surface area (Å²) in [6.45, 7) is 1.32. The minimum Gasteiger partial charge on any atom is -0.358 e. The molecule has 2 N–H and O–H groups in total. The van der Waals surface area contributed by atoms with Gasteiger partial charge < -0.3 is 10.6 Å². The predicted octanol–water partition coefficient (Wildman–Crippen LogP) is 2.91. The van der Waals surface area contributed by atoms with Crippen molar-refractivity contribution in [3.8, 4) is 6.07 Å². The number of carbonyl (C=O) groups excluding carboxylic acids is 1. The van der Waals surface area contributed by atoms with Gasteiger partial charge in [0.25, 0.3) is 0 Å². The van der Waals surface area contributed by atoms with Gasteiger partial charge in [-0.15, -0.1) is 0 Å². The fourth-order valence-corrected chi connectivity index (χ4v) is 1.51. The number of carbonyl (C=O) groups is 1. The molecule has 0 unspecified atom stereocenters. The van der Waals surface area contributed by atoms with E-state index in [1.807, 2.05) is 6.07 Å². The van der Waals surface area contributed by atoms with Crippen molar-refractivity contribution in [2.75, 3.05) is 5.32 Å². The van der Waals surface area contributed by atoms with Gasteiger partial charge in [0.2, 0.25) is 5.91 Å². The maximum Gasteiger partial charge on any atom is 0.221 e. The van der Waals surface area contributed by atoms with Crippen LogP contribution in [0.1, 0.15) is 6.92 Å². The zero-order valence-corrected chi connectivity index (χ0v) is 10.4. The first-order chi connectivity index (χ1) is 8.02. The van der Waals surface area contributed by atoms with Gasteiger partial charge >= 0.3 is 0 Å². The average molecular weight is 270 g/mol. The molecule has 0 aromatic heterocycles. The third-order valence-corrected chi connectivity index (χ3v) is 2.28.